The Hall–Kier alpha value is -0.370. The number of rotatable bonds is 2. The zero-order valence-electron chi connectivity index (χ0n) is 6.25. The van der Waals surface area contributed by atoms with E-state index < -0.39 is 12.3 Å². The zero-order chi connectivity index (χ0) is 9.90. The van der Waals surface area contributed by atoms with Gasteiger partial charge in [-0.05, 0) is 6.07 Å². The van der Waals surface area contributed by atoms with Crippen LogP contribution in [0.25, 0.3) is 0 Å². The molecule has 0 unspecified atom stereocenters. The molecule has 0 aliphatic rings. The van der Waals surface area contributed by atoms with E-state index in [1.807, 2.05) is 0 Å². The van der Waals surface area contributed by atoms with Crippen molar-refractivity contribution in [3.05, 3.63) is 30.1 Å². The molecule has 0 fully saturated rings. The van der Waals surface area contributed by atoms with Gasteiger partial charge in [-0.25, -0.2) is 0 Å². The van der Waals surface area contributed by atoms with E-state index in [9.17, 15) is 13.2 Å². The van der Waals surface area contributed by atoms with Gasteiger partial charge in [-0.15, -0.1) is 0 Å². The number of hydrogen-bond donors (Lipinski definition) is 0. The number of pyridine rings is 1. The number of nitrogens with zero attached hydrogens (tertiary/aromatic N) is 1. The first-order chi connectivity index (χ1) is 6.05. The smallest absolute Gasteiger partial charge is 0.298 e. The highest BCUT2D eigenvalue weighted by Crippen LogP contribution is 2.36. The van der Waals surface area contributed by atoms with Gasteiger partial charge in [-0.1, -0.05) is 6.07 Å². The largest absolute Gasteiger partial charge is 0.419 e. The monoisotopic (exact) mass is 303 g/mol. The Kier molecular flexibility index (Phi) is 3.48. The Morgan fingerprint density at radius 3 is 2.54 bits per heavy atom. The van der Waals surface area contributed by atoms with Crippen LogP contribution in [0.1, 0.15) is 11.7 Å². The van der Waals surface area contributed by atoms with Crippen LogP contribution < -0.4 is 0 Å². The van der Waals surface area contributed by atoms with Crippen LogP contribution >= 0.6 is 23.0 Å². The third-order valence-corrected chi connectivity index (χ3v) is 1.88. The van der Waals surface area contributed by atoms with Crippen LogP contribution in [-0.4, -0.2) is 11.2 Å². The van der Waals surface area contributed by atoms with Crippen molar-refractivity contribution in [2.75, 3.05) is 0 Å². The topological polar surface area (TPSA) is 22.1 Å². The molecule has 13 heavy (non-hydrogen) atoms. The highest BCUT2D eigenvalue weighted by atomic mass is 127. The van der Waals surface area contributed by atoms with Crippen molar-refractivity contribution < 1.29 is 16.2 Å². The van der Waals surface area contributed by atoms with Crippen molar-refractivity contribution in [1.82, 2.24) is 4.98 Å². The Labute approximate surface area is 86.8 Å². The highest BCUT2D eigenvalue weighted by Gasteiger charge is 2.41. The molecule has 6 heteroatoms. The molecule has 1 aromatic rings. The number of halogens is 4. The fourth-order valence-corrected chi connectivity index (χ4v) is 1.40. The minimum absolute atomic E-state index is 0.00407. The molecule has 0 aliphatic carbocycles. The fraction of sp³-hybridized carbons (Fsp3) is 0.286. The fourth-order valence-electron chi connectivity index (χ4n) is 0.822. The molecule has 1 aromatic heterocycles. The van der Waals surface area contributed by atoms with Gasteiger partial charge in [0, 0.05) is 18.0 Å². The molecule has 1 atom stereocenters. The third-order valence-electron chi connectivity index (χ3n) is 1.37. The molecular formula is C7H5F3INO. The molecule has 0 aliphatic heterocycles. The molecule has 1 heterocycles. The van der Waals surface area contributed by atoms with Crippen molar-refractivity contribution in [1.29, 1.82) is 0 Å². The van der Waals surface area contributed by atoms with Crippen LogP contribution in [0, 0.1) is 0 Å². The van der Waals surface area contributed by atoms with Crippen LogP contribution in [0.15, 0.2) is 24.5 Å². The molecule has 1 rings (SSSR count). The summed E-state index contributed by atoms with van der Waals surface area (Å²) in [5.74, 6) is 0. The van der Waals surface area contributed by atoms with Crippen LogP contribution in [0.4, 0.5) is 13.2 Å². The van der Waals surface area contributed by atoms with Gasteiger partial charge in [0.15, 0.2) is 6.10 Å². The SMILES string of the molecule is FC(F)(F)[C@H](OI)c1cccnc1. The molecule has 0 saturated carbocycles. The van der Waals surface area contributed by atoms with Crippen molar-refractivity contribution in [2.45, 2.75) is 12.3 Å². The van der Waals surface area contributed by atoms with Gasteiger partial charge in [-0.2, -0.15) is 13.2 Å². The first-order valence-electron chi connectivity index (χ1n) is 3.29. The normalized spacial score (nSPS) is 14.2. The third kappa shape index (κ3) is 2.80. The van der Waals surface area contributed by atoms with Crippen LogP contribution in [0.5, 0.6) is 0 Å². The Balaban J connectivity index is 2.92. The lowest BCUT2D eigenvalue weighted by Crippen LogP contribution is -2.20. The van der Waals surface area contributed by atoms with E-state index in [2.05, 4.69) is 8.05 Å². The van der Waals surface area contributed by atoms with E-state index in [4.69, 9.17) is 0 Å². The van der Waals surface area contributed by atoms with Crippen molar-refractivity contribution in [2.24, 2.45) is 0 Å². The van der Waals surface area contributed by atoms with E-state index in [0.29, 0.717) is 0 Å². The van der Waals surface area contributed by atoms with Crippen LogP contribution in [-0.2, 0) is 3.07 Å². The van der Waals surface area contributed by atoms with Gasteiger partial charge in [0.25, 0.3) is 0 Å². The van der Waals surface area contributed by atoms with Gasteiger partial charge in [0.2, 0.25) is 0 Å². The average Bonchev–Trinajstić information content (AvgIpc) is 2.05. The summed E-state index contributed by atoms with van der Waals surface area (Å²) < 4.78 is 41.1. The predicted octanol–water partition coefficient (Wildman–Crippen LogP) is 3.05. The lowest BCUT2D eigenvalue weighted by atomic mass is 10.1. The molecule has 2 nitrogen and oxygen atoms in total. The Morgan fingerprint density at radius 1 is 1.46 bits per heavy atom. The molecule has 0 radical (unpaired) electrons. The Morgan fingerprint density at radius 2 is 2.15 bits per heavy atom. The number of aromatic nitrogens is 1. The second-order valence-electron chi connectivity index (χ2n) is 2.30. The van der Waals surface area contributed by atoms with Crippen molar-refractivity contribution in [3.8, 4) is 0 Å². The summed E-state index contributed by atoms with van der Waals surface area (Å²) in [5.41, 5.74) is 0.00407. The summed E-state index contributed by atoms with van der Waals surface area (Å²) in [6, 6.07) is 2.76. The van der Waals surface area contributed by atoms with E-state index in [0.717, 1.165) is 6.20 Å². The van der Waals surface area contributed by atoms with Gasteiger partial charge < -0.3 is 0 Å². The Bertz CT molecular complexity index is 264. The van der Waals surface area contributed by atoms with E-state index in [1.54, 1.807) is 0 Å². The van der Waals surface area contributed by atoms with Gasteiger partial charge in [0.05, 0.1) is 0 Å². The minimum Gasteiger partial charge on any atom is -0.298 e. The summed E-state index contributed by atoms with van der Waals surface area (Å²) in [5, 5.41) is 0. The first-order valence-corrected chi connectivity index (χ1v) is 4.18. The maximum atomic E-state index is 12.2. The molecule has 0 spiro atoms. The van der Waals surface area contributed by atoms with Crippen LogP contribution in [0.2, 0.25) is 0 Å². The molecule has 0 aromatic carbocycles. The molecule has 0 bridgehead atoms. The standard InChI is InChI=1S/C7H5F3INO/c8-7(9,10)6(13-11)5-2-1-3-12-4-5/h1-4,6H/t6-/m1/s1. The molecule has 0 N–H and O–H groups in total. The summed E-state index contributed by atoms with van der Waals surface area (Å²) in [4.78, 5) is 3.58. The van der Waals surface area contributed by atoms with E-state index in [-0.39, 0.29) is 5.56 Å². The molecule has 72 valence electrons. The van der Waals surface area contributed by atoms with E-state index in [1.165, 1.54) is 41.3 Å². The zero-order valence-corrected chi connectivity index (χ0v) is 8.41. The molecule has 0 saturated heterocycles. The summed E-state index contributed by atoms with van der Waals surface area (Å²) in [6.07, 6.45) is -3.76. The van der Waals surface area contributed by atoms with Crippen LogP contribution in [0.3, 0.4) is 0 Å². The maximum Gasteiger partial charge on any atom is 0.419 e. The summed E-state index contributed by atoms with van der Waals surface area (Å²) in [6.45, 7) is 0. The van der Waals surface area contributed by atoms with Gasteiger partial charge in [0.1, 0.15) is 23.0 Å². The van der Waals surface area contributed by atoms with Crippen molar-refractivity contribution >= 4 is 23.0 Å². The molecule has 0 amide bonds. The summed E-state index contributed by atoms with van der Waals surface area (Å²) in [7, 11) is 0. The summed E-state index contributed by atoms with van der Waals surface area (Å²) >= 11 is 1.23. The first kappa shape index (κ1) is 10.7. The lowest BCUT2D eigenvalue weighted by Gasteiger charge is -2.16. The van der Waals surface area contributed by atoms with E-state index >= 15 is 0 Å². The van der Waals surface area contributed by atoms with Gasteiger partial charge >= 0.3 is 6.18 Å². The lowest BCUT2D eigenvalue weighted by molar-refractivity contribution is -0.189. The maximum absolute atomic E-state index is 12.2. The number of alkyl halides is 3. The predicted molar refractivity (Wildman–Crippen MR) is 48.1 cm³/mol. The second-order valence-corrected chi connectivity index (χ2v) is 2.81. The van der Waals surface area contributed by atoms with Gasteiger partial charge in [-0.3, -0.25) is 8.05 Å². The highest BCUT2D eigenvalue weighted by molar-refractivity contribution is 14.1. The number of hydrogen-bond acceptors (Lipinski definition) is 2. The van der Waals surface area contributed by atoms with Crippen molar-refractivity contribution in [3.63, 3.8) is 0 Å². The quantitative estimate of drug-likeness (QED) is 0.783. The average molecular weight is 303 g/mol. The minimum atomic E-state index is -4.40. The molecular weight excluding hydrogens is 298 g/mol. The second kappa shape index (κ2) is 4.23.